The van der Waals surface area contributed by atoms with Gasteiger partial charge in [0.1, 0.15) is 12.4 Å². The van der Waals surface area contributed by atoms with Crippen LogP contribution in [0.2, 0.25) is 0 Å². The minimum absolute atomic E-state index is 0. The van der Waals surface area contributed by atoms with E-state index in [4.69, 9.17) is 4.74 Å². The van der Waals surface area contributed by atoms with Crippen LogP contribution < -0.4 is 15.4 Å². The molecule has 4 aromatic rings. The molecule has 1 amide bonds. The average Bonchev–Trinajstić information content (AvgIpc) is 3.30. The van der Waals surface area contributed by atoms with E-state index >= 15 is 0 Å². The van der Waals surface area contributed by atoms with Gasteiger partial charge in [-0.2, -0.15) is 0 Å². The van der Waals surface area contributed by atoms with Crippen LogP contribution in [-0.4, -0.2) is 22.6 Å². The molecule has 168 valence electrons. The number of nitrogens with one attached hydrogen (secondary N) is 2. The number of hydrogen-bond acceptors (Lipinski definition) is 6. The van der Waals surface area contributed by atoms with Crippen LogP contribution >= 0.6 is 23.7 Å². The van der Waals surface area contributed by atoms with Crippen molar-refractivity contribution >= 4 is 34.8 Å². The van der Waals surface area contributed by atoms with Gasteiger partial charge >= 0.3 is 0 Å². The minimum atomic E-state index is -0.177. The number of carbonyl (C=O) groups excluding carboxylic acids is 1. The molecular weight excluding hydrogens is 456 g/mol. The van der Waals surface area contributed by atoms with E-state index in [0.717, 1.165) is 36.4 Å². The van der Waals surface area contributed by atoms with Gasteiger partial charge in [-0.3, -0.25) is 10.1 Å². The summed E-state index contributed by atoms with van der Waals surface area (Å²) in [6.45, 7) is 2.07. The van der Waals surface area contributed by atoms with Crippen LogP contribution in [0.1, 0.15) is 26.5 Å². The van der Waals surface area contributed by atoms with E-state index < -0.39 is 0 Å². The molecular formula is C25H23ClN4O2S. The lowest BCUT2D eigenvalue weighted by Gasteiger charge is -2.17. The fraction of sp³-hybridized carbons (Fsp3) is 0.160. The highest BCUT2D eigenvalue weighted by molar-refractivity contribution is 7.15. The van der Waals surface area contributed by atoms with Gasteiger partial charge in [-0.05, 0) is 47.9 Å². The number of rotatable bonds is 6. The van der Waals surface area contributed by atoms with Gasteiger partial charge in [0.05, 0.1) is 0 Å². The number of anilines is 1. The molecule has 2 heterocycles. The van der Waals surface area contributed by atoms with Crippen molar-refractivity contribution in [2.45, 2.75) is 19.6 Å². The Bertz CT molecular complexity index is 1250. The number of fused-ring (bicyclic) bond motifs is 1. The van der Waals surface area contributed by atoms with Gasteiger partial charge in [-0.25, -0.2) is 0 Å². The molecule has 0 saturated heterocycles. The number of ether oxygens (including phenoxy) is 1. The van der Waals surface area contributed by atoms with E-state index in [1.54, 1.807) is 0 Å². The van der Waals surface area contributed by atoms with Crippen LogP contribution in [0.3, 0.4) is 0 Å². The average molecular weight is 479 g/mol. The second-order valence-corrected chi connectivity index (χ2v) is 8.58. The molecule has 5 rings (SSSR count). The van der Waals surface area contributed by atoms with Gasteiger partial charge < -0.3 is 10.1 Å². The Labute approximate surface area is 202 Å². The molecule has 1 aliphatic rings. The van der Waals surface area contributed by atoms with Crippen molar-refractivity contribution in [3.05, 3.63) is 94.5 Å². The summed E-state index contributed by atoms with van der Waals surface area (Å²) in [5.74, 6) is 0.604. The number of nitrogens with zero attached hydrogens (tertiary/aromatic N) is 2. The molecule has 1 aliphatic heterocycles. The second-order valence-electron chi connectivity index (χ2n) is 7.52. The summed E-state index contributed by atoms with van der Waals surface area (Å²) >= 11 is 1.32. The number of para-hydroxylation sites is 1. The lowest BCUT2D eigenvalue weighted by Crippen LogP contribution is -2.24. The Morgan fingerprint density at radius 1 is 1.00 bits per heavy atom. The molecule has 0 atom stereocenters. The van der Waals surface area contributed by atoms with Gasteiger partial charge in [0.15, 0.2) is 5.01 Å². The molecule has 0 aliphatic carbocycles. The van der Waals surface area contributed by atoms with Gasteiger partial charge in [-0.1, -0.05) is 65.9 Å². The summed E-state index contributed by atoms with van der Waals surface area (Å²) < 4.78 is 6.03. The largest absolute Gasteiger partial charge is 0.486 e. The zero-order valence-electron chi connectivity index (χ0n) is 17.8. The van der Waals surface area contributed by atoms with Crippen molar-refractivity contribution < 1.29 is 9.53 Å². The number of carbonyl (C=O) groups is 1. The first-order valence-electron chi connectivity index (χ1n) is 10.5. The number of hydrogen-bond donors (Lipinski definition) is 2. The standard InChI is InChI=1S/C25H22N4O2S.ClH/c30-24(19-10-11-20-15-26-13-12-18(20)14-19)27-25-29-28-23(32-25)16-31-22-9-5-4-8-21(22)17-6-2-1-3-7-17;/h1-11,14,26H,12-13,15-16H2,(H,27,29,30);1H. The molecule has 33 heavy (non-hydrogen) atoms. The molecule has 2 N–H and O–H groups in total. The van der Waals surface area contributed by atoms with E-state index in [-0.39, 0.29) is 24.9 Å². The summed E-state index contributed by atoms with van der Waals surface area (Å²) in [5.41, 5.74) is 5.22. The number of amides is 1. The summed E-state index contributed by atoms with van der Waals surface area (Å²) in [4.78, 5) is 12.7. The predicted molar refractivity (Wildman–Crippen MR) is 133 cm³/mol. The summed E-state index contributed by atoms with van der Waals surface area (Å²) in [6, 6.07) is 23.9. The van der Waals surface area contributed by atoms with Crippen molar-refractivity contribution in [2.75, 3.05) is 11.9 Å². The molecule has 0 fully saturated rings. The van der Waals surface area contributed by atoms with Crippen LogP contribution in [0.25, 0.3) is 11.1 Å². The normalized spacial score (nSPS) is 12.4. The first kappa shape index (κ1) is 22.9. The Hall–Kier alpha value is -3.26. The lowest BCUT2D eigenvalue weighted by atomic mass is 9.98. The fourth-order valence-electron chi connectivity index (χ4n) is 3.74. The third-order valence-electron chi connectivity index (χ3n) is 5.37. The Balaban J connectivity index is 0.00000259. The van der Waals surface area contributed by atoms with Crippen LogP contribution in [0, 0.1) is 0 Å². The SMILES string of the molecule is Cl.O=C(Nc1nnc(COc2ccccc2-c2ccccc2)s1)c1ccc2c(c1)CCNC2. The van der Waals surface area contributed by atoms with Crippen molar-refractivity contribution in [1.29, 1.82) is 0 Å². The highest BCUT2D eigenvalue weighted by Crippen LogP contribution is 2.30. The van der Waals surface area contributed by atoms with Crippen molar-refractivity contribution in [1.82, 2.24) is 15.5 Å². The van der Waals surface area contributed by atoms with E-state index in [0.29, 0.717) is 15.7 Å². The van der Waals surface area contributed by atoms with E-state index in [9.17, 15) is 4.79 Å². The Morgan fingerprint density at radius 3 is 2.70 bits per heavy atom. The third kappa shape index (κ3) is 5.39. The van der Waals surface area contributed by atoms with Crippen LogP contribution in [0.4, 0.5) is 5.13 Å². The molecule has 0 spiro atoms. The summed E-state index contributed by atoms with van der Waals surface area (Å²) in [7, 11) is 0. The molecule has 3 aromatic carbocycles. The topological polar surface area (TPSA) is 76.1 Å². The highest BCUT2D eigenvalue weighted by Gasteiger charge is 2.15. The number of aromatic nitrogens is 2. The molecule has 6 nitrogen and oxygen atoms in total. The molecule has 8 heteroatoms. The molecule has 0 unspecified atom stereocenters. The van der Waals surface area contributed by atoms with E-state index in [1.165, 1.54) is 22.5 Å². The zero-order valence-corrected chi connectivity index (χ0v) is 19.4. The van der Waals surface area contributed by atoms with Gasteiger partial charge in [-0.15, -0.1) is 22.6 Å². The third-order valence-corrected chi connectivity index (χ3v) is 6.18. The zero-order chi connectivity index (χ0) is 21.8. The van der Waals surface area contributed by atoms with Crippen molar-refractivity contribution in [2.24, 2.45) is 0 Å². The van der Waals surface area contributed by atoms with E-state index in [2.05, 4.69) is 33.0 Å². The maximum absolute atomic E-state index is 12.7. The molecule has 0 saturated carbocycles. The highest BCUT2D eigenvalue weighted by atomic mass is 35.5. The Morgan fingerprint density at radius 2 is 1.82 bits per heavy atom. The fourth-order valence-corrected chi connectivity index (χ4v) is 4.39. The van der Waals surface area contributed by atoms with E-state index in [1.807, 2.05) is 60.7 Å². The quantitative estimate of drug-likeness (QED) is 0.403. The first-order valence-corrected chi connectivity index (χ1v) is 11.3. The minimum Gasteiger partial charge on any atom is -0.486 e. The van der Waals surface area contributed by atoms with Crippen molar-refractivity contribution in [3.8, 4) is 16.9 Å². The molecule has 1 aromatic heterocycles. The maximum Gasteiger partial charge on any atom is 0.257 e. The number of halogens is 1. The monoisotopic (exact) mass is 478 g/mol. The summed E-state index contributed by atoms with van der Waals surface area (Å²) in [5, 5.41) is 15.6. The number of benzene rings is 3. The first-order chi connectivity index (χ1) is 15.8. The maximum atomic E-state index is 12.7. The van der Waals surface area contributed by atoms with Crippen molar-refractivity contribution in [3.63, 3.8) is 0 Å². The molecule has 0 radical (unpaired) electrons. The summed E-state index contributed by atoms with van der Waals surface area (Å²) in [6.07, 6.45) is 0.932. The van der Waals surface area contributed by atoms with Gasteiger partial charge in [0, 0.05) is 17.7 Å². The van der Waals surface area contributed by atoms with Crippen LogP contribution in [-0.2, 0) is 19.6 Å². The lowest BCUT2D eigenvalue weighted by molar-refractivity contribution is 0.102. The van der Waals surface area contributed by atoms with Gasteiger partial charge in [0.25, 0.3) is 5.91 Å². The van der Waals surface area contributed by atoms with Crippen LogP contribution in [0.15, 0.2) is 72.8 Å². The van der Waals surface area contributed by atoms with Gasteiger partial charge in [0.2, 0.25) is 5.13 Å². The Kier molecular flexibility index (Phi) is 7.34. The second kappa shape index (κ2) is 10.6. The predicted octanol–water partition coefficient (Wildman–Crippen LogP) is 5.10. The molecule has 0 bridgehead atoms. The smallest absolute Gasteiger partial charge is 0.257 e. The van der Waals surface area contributed by atoms with Crippen LogP contribution in [0.5, 0.6) is 5.75 Å².